The molecule has 6 nitrogen and oxygen atoms in total. The van der Waals surface area contributed by atoms with Gasteiger partial charge in [-0.05, 0) is 54.0 Å². The van der Waals surface area contributed by atoms with E-state index < -0.39 is 0 Å². The number of aromatic nitrogens is 2. The van der Waals surface area contributed by atoms with E-state index in [1.54, 1.807) is 24.5 Å². The van der Waals surface area contributed by atoms with Crippen LogP contribution in [-0.2, 0) is 11.2 Å². The van der Waals surface area contributed by atoms with Crippen LogP contribution in [0.1, 0.15) is 24.3 Å². The van der Waals surface area contributed by atoms with Crippen LogP contribution in [0.5, 0.6) is 5.75 Å². The summed E-state index contributed by atoms with van der Waals surface area (Å²) < 4.78 is 10.6. The van der Waals surface area contributed by atoms with E-state index in [0.717, 1.165) is 36.3 Å². The standard InChI is InChI=1S/C22H23N3O3S/c1-27-19-7-4-16(5-8-19)6-9-21(26)25-11-2-3-17(14-25)13-20-23-22(24-28-20)18-10-12-29-15-18/h4-10,12,15,17H,2-3,11,13-14H2,1H3/b9-6-. The van der Waals surface area contributed by atoms with Gasteiger partial charge in [0.15, 0.2) is 0 Å². The second-order valence-electron chi connectivity index (χ2n) is 7.13. The van der Waals surface area contributed by atoms with E-state index in [2.05, 4.69) is 10.1 Å². The zero-order valence-corrected chi connectivity index (χ0v) is 17.1. The van der Waals surface area contributed by atoms with Crippen molar-refractivity contribution in [1.82, 2.24) is 15.0 Å². The molecule has 1 amide bonds. The van der Waals surface area contributed by atoms with Gasteiger partial charge in [0.25, 0.3) is 0 Å². The molecule has 1 atom stereocenters. The van der Waals surface area contributed by atoms with Crippen molar-refractivity contribution in [2.45, 2.75) is 19.3 Å². The van der Waals surface area contributed by atoms with Crippen molar-refractivity contribution >= 4 is 23.3 Å². The van der Waals surface area contributed by atoms with Crippen molar-refractivity contribution in [3.8, 4) is 17.1 Å². The number of benzene rings is 1. The van der Waals surface area contributed by atoms with Gasteiger partial charge in [-0.25, -0.2) is 0 Å². The summed E-state index contributed by atoms with van der Waals surface area (Å²) in [5.74, 6) is 2.44. The molecule has 1 aliphatic heterocycles. The van der Waals surface area contributed by atoms with Crippen molar-refractivity contribution in [1.29, 1.82) is 0 Å². The second kappa shape index (κ2) is 9.05. The lowest BCUT2D eigenvalue weighted by atomic mass is 9.94. The molecular weight excluding hydrogens is 386 g/mol. The van der Waals surface area contributed by atoms with E-state index in [1.165, 1.54) is 0 Å². The van der Waals surface area contributed by atoms with Gasteiger partial charge < -0.3 is 14.2 Å². The largest absolute Gasteiger partial charge is 0.497 e. The van der Waals surface area contributed by atoms with Gasteiger partial charge in [0.2, 0.25) is 17.6 Å². The molecule has 0 bridgehead atoms. The summed E-state index contributed by atoms with van der Waals surface area (Å²) in [6, 6.07) is 9.62. The number of amides is 1. The average molecular weight is 410 g/mol. The summed E-state index contributed by atoms with van der Waals surface area (Å²) in [6.07, 6.45) is 6.23. The van der Waals surface area contributed by atoms with Gasteiger partial charge in [0, 0.05) is 36.5 Å². The number of nitrogens with zero attached hydrogens (tertiary/aromatic N) is 3. The van der Waals surface area contributed by atoms with Crippen LogP contribution in [0, 0.1) is 5.92 Å². The first-order chi connectivity index (χ1) is 14.2. The lowest BCUT2D eigenvalue weighted by Gasteiger charge is -2.31. The molecule has 1 aromatic carbocycles. The number of hydrogen-bond donors (Lipinski definition) is 0. The zero-order chi connectivity index (χ0) is 20.1. The third kappa shape index (κ3) is 4.92. The van der Waals surface area contributed by atoms with Gasteiger partial charge in [0.05, 0.1) is 7.11 Å². The Labute approximate surface area is 173 Å². The first kappa shape index (κ1) is 19.4. The number of piperidine rings is 1. The van der Waals surface area contributed by atoms with Crippen LogP contribution in [-0.4, -0.2) is 41.1 Å². The van der Waals surface area contributed by atoms with Gasteiger partial charge >= 0.3 is 0 Å². The molecule has 3 aromatic rings. The molecule has 7 heteroatoms. The highest BCUT2D eigenvalue weighted by Gasteiger charge is 2.24. The van der Waals surface area contributed by atoms with Gasteiger partial charge in [-0.15, -0.1) is 0 Å². The van der Waals surface area contributed by atoms with Crippen molar-refractivity contribution in [2.24, 2.45) is 5.92 Å². The summed E-state index contributed by atoms with van der Waals surface area (Å²) in [5.41, 5.74) is 1.95. The Morgan fingerprint density at radius 2 is 2.21 bits per heavy atom. The smallest absolute Gasteiger partial charge is 0.246 e. The van der Waals surface area contributed by atoms with Gasteiger partial charge in [-0.2, -0.15) is 16.3 Å². The van der Waals surface area contributed by atoms with E-state index >= 15 is 0 Å². The third-order valence-electron chi connectivity index (χ3n) is 5.08. The van der Waals surface area contributed by atoms with Crippen LogP contribution in [0.4, 0.5) is 0 Å². The highest BCUT2D eigenvalue weighted by atomic mass is 32.1. The van der Waals surface area contributed by atoms with Crippen molar-refractivity contribution in [2.75, 3.05) is 20.2 Å². The van der Waals surface area contributed by atoms with Crippen LogP contribution < -0.4 is 4.74 Å². The molecule has 0 aliphatic carbocycles. The van der Waals surface area contributed by atoms with Crippen LogP contribution in [0.25, 0.3) is 17.5 Å². The molecule has 1 saturated heterocycles. The molecule has 3 heterocycles. The fraction of sp³-hybridized carbons (Fsp3) is 0.318. The quantitative estimate of drug-likeness (QED) is 0.568. The lowest BCUT2D eigenvalue weighted by Crippen LogP contribution is -2.39. The maximum atomic E-state index is 12.6. The molecule has 1 aliphatic rings. The van der Waals surface area contributed by atoms with E-state index in [1.807, 2.05) is 52.1 Å². The molecule has 0 radical (unpaired) electrons. The van der Waals surface area contributed by atoms with Crippen LogP contribution in [0.15, 0.2) is 51.7 Å². The van der Waals surface area contributed by atoms with Crippen molar-refractivity contribution < 1.29 is 14.1 Å². The lowest BCUT2D eigenvalue weighted by molar-refractivity contribution is -0.127. The number of ether oxygens (including phenoxy) is 1. The molecule has 0 saturated carbocycles. The monoisotopic (exact) mass is 409 g/mol. The summed E-state index contributed by atoms with van der Waals surface area (Å²) >= 11 is 1.61. The second-order valence-corrected chi connectivity index (χ2v) is 7.91. The number of carbonyl (C=O) groups excluding carboxylic acids is 1. The number of carbonyl (C=O) groups is 1. The summed E-state index contributed by atoms with van der Waals surface area (Å²) in [5, 5.41) is 8.07. The van der Waals surface area contributed by atoms with Crippen molar-refractivity contribution in [3.63, 3.8) is 0 Å². The molecule has 0 N–H and O–H groups in total. The van der Waals surface area contributed by atoms with Gasteiger partial charge in [0.1, 0.15) is 5.75 Å². The summed E-state index contributed by atoms with van der Waals surface area (Å²) in [7, 11) is 1.64. The van der Waals surface area contributed by atoms with E-state index in [4.69, 9.17) is 9.26 Å². The Morgan fingerprint density at radius 3 is 2.97 bits per heavy atom. The zero-order valence-electron chi connectivity index (χ0n) is 16.3. The Morgan fingerprint density at radius 1 is 1.34 bits per heavy atom. The predicted octanol–water partition coefficient (Wildman–Crippen LogP) is 4.30. The number of likely N-dealkylation sites (tertiary alicyclic amines) is 1. The van der Waals surface area contributed by atoms with Crippen LogP contribution in [0.3, 0.4) is 0 Å². The molecule has 29 heavy (non-hydrogen) atoms. The predicted molar refractivity (Wildman–Crippen MR) is 113 cm³/mol. The molecule has 150 valence electrons. The fourth-order valence-corrected chi connectivity index (χ4v) is 4.15. The van der Waals surface area contributed by atoms with Gasteiger partial charge in [-0.1, -0.05) is 17.3 Å². The Balaban J connectivity index is 1.34. The molecule has 1 unspecified atom stereocenters. The molecular formula is C22H23N3O3S. The molecule has 4 rings (SSSR count). The number of thiophene rings is 1. The highest BCUT2D eigenvalue weighted by Crippen LogP contribution is 2.23. The Bertz CT molecular complexity index is 964. The third-order valence-corrected chi connectivity index (χ3v) is 5.76. The Kier molecular flexibility index (Phi) is 6.05. The molecule has 1 fully saturated rings. The van der Waals surface area contributed by atoms with E-state index in [0.29, 0.717) is 30.6 Å². The van der Waals surface area contributed by atoms with Crippen LogP contribution >= 0.6 is 11.3 Å². The Hall–Kier alpha value is -2.93. The van der Waals surface area contributed by atoms with Gasteiger partial charge in [-0.3, -0.25) is 4.79 Å². The molecule has 0 spiro atoms. The minimum atomic E-state index is 0.0370. The maximum Gasteiger partial charge on any atom is 0.246 e. The first-order valence-electron chi connectivity index (χ1n) is 9.67. The minimum Gasteiger partial charge on any atom is -0.497 e. The van der Waals surface area contributed by atoms with E-state index in [9.17, 15) is 4.79 Å². The average Bonchev–Trinajstić information content (AvgIpc) is 3.44. The number of hydrogen-bond acceptors (Lipinski definition) is 6. The van der Waals surface area contributed by atoms with E-state index in [-0.39, 0.29) is 5.91 Å². The minimum absolute atomic E-state index is 0.0370. The molecule has 2 aromatic heterocycles. The number of methoxy groups -OCH3 is 1. The fourth-order valence-electron chi connectivity index (χ4n) is 3.51. The first-order valence-corrected chi connectivity index (χ1v) is 10.6. The highest BCUT2D eigenvalue weighted by molar-refractivity contribution is 7.08. The van der Waals surface area contributed by atoms with Crippen LogP contribution in [0.2, 0.25) is 0 Å². The normalized spacial score (nSPS) is 17.0. The number of rotatable bonds is 6. The summed E-state index contributed by atoms with van der Waals surface area (Å²) in [4.78, 5) is 19.0. The topological polar surface area (TPSA) is 68.5 Å². The van der Waals surface area contributed by atoms with Crippen molar-refractivity contribution in [3.05, 3.63) is 58.6 Å². The summed E-state index contributed by atoms with van der Waals surface area (Å²) in [6.45, 7) is 1.49. The SMILES string of the molecule is COc1ccc(/C=C\C(=O)N2CCCC(Cc3nc(-c4ccsc4)no3)C2)cc1. The maximum absolute atomic E-state index is 12.6.